The van der Waals surface area contributed by atoms with E-state index in [4.69, 9.17) is 23.2 Å². The second-order valence-corrected chi connectivity index (χ2v) is 6.84. The highest BCUT2D eigenvalue weighted by atomic mass is 35.5. The van der Waals surface area contributed by atoms with Gasteiger partial charge >= 0.3 is 0 Å². The van der Waals surface area contributed by atoms with E-state index >= 15 is 0 Å². The summed E-state index contributed by atoms with van der Waals surface area (Å²) in [5, 5.41) is 2.98. The fraction of sp³-hybridized carbons (Fsp3) is 0.312. The van der Waals surface area contributed by atoms with Gasteiger partial charge in [0.25, 0.3) is 0 Å². The van der Waals surface area contributed by atoms with E-state index in [9.17, 15) is 4.79 Å². The van der Waals surface area contributed by atoms with Crippen LogP contribution in [0.2, 0.25) is 10.0 Å². The van der Waals surface area contributed by atoms with Gasteiger partial charge < -0.3 is 0 Å². The lowest BCUT2D eigenvalue weighted by Crippen LogP contribution is -2.37. The van der Waals surface area contributed by atoms with E-state index in [0.29, 0.717) is 15.6 Å². The Bertz CT molecular complexity index is 627. The molecule has 0 aliphatic heterocycles. The molecule has 0 radical (unpaired) electrons. The third-order valence-corrected chi connectivity index (χ3v) is 5.34. The monoisotopic (exact) mass is 341 g/mol. The molecule has 2 rings (SSSR count). The van der Waals surface area contributed by atoms with E-state index < -0.39 is 0 Å². The molecule has 0 spiro atoms. The van der Waals surface area contributed by atoms with Gasteiger partial charge in [-0.1, -0.05) is 29.3 Å². The van der Waals surface area contributed by atoms with E-state index in [-0.39, 0.29) is 17.9 Å². The Morgan fingerprint density at radius 1 is 1.24 bits per heavy atom. The van der Waals surface area contributed by atoms with Crippen LogP contribution >= 0.6 is 34.5 Å². The van der Waals surface area contributed by atoms with Crippen LogP contribution < -0.4 is 0 Å². The van der Waals surface area contributed by atoms with E-state index in [1.807, 2.05) is 25.4 Å². The molecule has 5 heteroatoms. The molecule has 2 atom stereocenters. The topological polar surface area (TPSA) is 20.3 Å². The second kappa shape index (κ2) is 6.93. The number of carbonyl (C=O) groups excluding carboxylic acids is 1. The predicted octanol–water partition coefficient (Wildman–Crippen LogP) is 5.32. The fourth-order valence-corrected chi connectivity index (χ4v) is 3.50. The predicted molar refractivity (Wildman–Crippen MR) is 90.8 cm³/mol. The summed E-state index contributed by atoms with van der Waals surface area (Å²) in [6.07, 6.45) is 0. The van der Waals surface area contributed by atoms with Crippen molar-refractivity contribution in [1.29, 1.82) is 0 Å². The number of Topliss-reactive ketones (excluding diaryl/α,β-unsaturated/α-hetero) is 1. The smallest absolute Gasteiger partial charge is 0.181 e. The highest BCUT2D eigenvalue weighted by molar-refractivity contribution is 7.10. The molecular formula is C16H17Cl2NOS. The molecule has 0 aliphatic rings. The summed E-state index contributed by atoms with van der Waals surface area (Å²) in [5.74, 6) is 0.00238. The largest absolute Gasteiger partial charge is 0.292 e. The minimum atomic E-state index is -0.263. The molecule has 0 aliphatic carbocycles. The first-order valence-electron chi connectivity index (χ1n) is 6.66. The zero-order valence-corrected chi connectivity index (χ0v) is 14.5. The first kappa shape index (κ1) is 16.5. The Morgan fingerprint density at radius 3 is 2.52 bits per heavy atom. The minimum absolute atomic E-state index is 0.00238. The molecule has 0 saturated heterocycles. The number of ketones is 1. The van der Waals surface area contributed by atoms with E-state index in [0.717, 1.165) is 0 Å². The van der Waals surface area contributed by atoms with Crippen molar-refractivity contribution in [2.45, 2.75) is 25.9 Å². The third-order valence-electron chi connectivity index (χ3n) is 3.75. The normalized spacial score (nSPS) is 14.2. The van der Waals surface area contributed by atoms with Gasteiger partial charge in [0.15, 0.2) is 5.78 Å². The average Bonchev–Trinajstić information content (AvgIpc) is 2.98. The summed E-state index contributed by atoms with van der Waals surface area (Å²) in [5.41, 5.74) is 0.513. The molecule has 1 heterocycles. The molecule has 0 N–H and O–H groups in total. The Kier molecular flexibility index (Phi) is 5.44. The van der Waals surface area contributed by atoms with E-state index in [1.165, 1.54) is 4.88 Å². The van der Waals surface area contributed by atoms with Gasteiger partial charge in [0.2, 0.25) is 0 Å². The number of halogens is 2. The number of hydrogen-bond acceptors (Lipinski definition) is 3. The number of carbonyl (C=O) groups is 1. The van der Waals surface area contributed by atoms with Gasteiger partial charge in [-0.25, -0.2) is 0 Å². The SMILES string of the molecule is CC(C(=O)c1ccc(Cl)cc1Cl)N(C)C(C)c1cccs1. The maximum atomic E-state index is 12.6. The van der Waals surface area contributed by atoms with Gasteiger partial charge in [-0.3, -0.25) is 9.69 Å². The van der Waals surface area contributed by atoms with Crippen LogP contribution in [0.5, 0.6) is 0 Å². The molecule has 0 bridgehead atoms. The van der Waals surface area contributed by atoms with E-state index in [2.05, 4.69) is 17.9 Å². The molecular weight excluding hydrogens is 325 g/mol. The Labute approximate surface area is 139 Å². The molecule has 1 aromatic heterocycles. The zero-order chi connectivity index (χ0) is 15.6. The lowest BCUT2D eigenvalue weighted by molar-refractivity contribution is 0.0828. The number of thiophene rings is 1. The number of nitrogens with zero attached hydrogens (tertiary/aromatic N) is 1. The van der Waals surface area contributed by atoms with Crippen LogP contribution in [0, 0.1) is 0 Å². The first-order chi connectivity index (χ1) is 9.91. The van der Waals surface area contributed by atoms with Gasteiger partial charge in [0.1, 0.15) is 0 Å². The van der Waals surface area contributed by atoms with Crippen molar-refractivity contribution in [1.82, 2.24) is 4.90 Å². The van der Waals surface area contributed by atoms with Crippen molar-refractivity contribution < 1.29 is 4.79 Å². The highest BCUT2D eigenvalue weighted by Crippen LogP contribution is 2.28. The van der Waals surface area contributed by atoms with Crippen molar-refractivity contribution >= 4 is 40.3 Å². The second-order valence-electron chi connectivity index (χ2n) is 5.02. The minimum Gasteiger partial charge on any atom is -0.292 e. The van der Waals surface area contributed by atoms with Crippen molar-refractivity contribution in [3.05, 3.63) is 56.2 Å². The first-order valence-corrected chi connectivity index (χ1v) is 8.30. The van der Waals surface area contributed by atoms with Crippen LogP contribution in [0.4, 0.5) is 0 Å². The van der Waals surface area contributed by atoms with Crippen LogP contribution in [0.3, 0.4) is 0 Å². The molecule has 21 heavy (non-hydrogen) atoms. The van der Waals surface area contributed by atoms with Gasteiger partial charge in [0.05, 0.1) is 11.1 Å². The Hall–Kier alpha value is -0.870. The Balaban J connectivity index is 2.18. The van der Waals surface area contributed by atoms with Crippen LogP contribution in [-0.2, 0) is 0 Å². The summed E-state index contributed by atoms with van der Waals surface area (Å²) in [6, 6.07) is 9.00. The maximum Gasteiger partial charge on any atom is 0.181 e. The highest BCUT2D eigenvalue weighted by Gasteiger charge is 2.25. The lowest BCUT2D eigenvalue weighted by Gasteiger charge is -2.29. The van der Waals surface area contributed by atoms with Gasteiger partial charge in [0, 0.05) is 21.5 Å². The number of benzene rings is 1. The summed E-state index contributed by atoms with van der Waals surface area (Å²) >= 11 is 13.7. The fourth-order valence-electron chi connectivity index (χ4n) is 2.16. The molecule has 2 nitrogen and oxygen atoms in total. The Morgan fingerprint density at radius 2 is 1.95 bits per heavy atom. The van der Waals surface area contributed by atoms with Crippen molar-refractivity contribution in [2.75, 3.05) is 7.05 Å². The molecule has 2 aromatic rings. The summed E-state index contributed by atoms with van der Waals surface area (Å²) in [4.78, 5) is 15.9. The lowest BCUT2D eigenvalue weighted by atomic mass is 10.0. The van der Waals surface area contributed by atoms with Crippen LogP contribution in [0.15, 0.2) is 35.7 Å². The summed E-state index contributed by atoms with van der Waals surface area (Å²) in [6.45, 7) is 4.00. The third kappa shape index (κ3) is 3.67. The standard InChI is InChI=1S/C16H17Cl2NOS/c1-10(15-5-4-8-21-15)19(3)11(2)16(20)13-7-6-12(17)9-14(13)18/h4-11H,1-3H3. The number of hydrogen-bond donors (Lipinski definition) is 0. The molecule has 1 aromatic carbocycles. The van der Waals surface area contributed by atoms with E-state index in [1.54, 1.807) is 29.5 Å². The van der Waals surface area contributed by atoms with Gasteiger partial charge in [-0.15, -0.1) is 11.3 Å². The van der Waals surface area contributed by atoms with Gasteiger partial charge in [-0.2, -0.15) is 0 Å². The van der Waals surface area contributed by atoms with Crippen molar-refractivity contribution in [3.63, 3.8) is 0 Å². The van der Waals surface area contributed by atoms with Crippen LogP contribution in [0.25, 0.3) is 0 Å². The quantitative estimate of drug-likeness (QED) is 0.686. The average molecular weight is 342 g/mol. The summed E-state index contributed by atoms with van der Waals surface area (Å²) < 4.78 is 0. The number of likely N-dealkylation sites (N-methyl/N-ethyl adjacent to an activating group) is 1. The molecule has 0 amide bonds. The van der Waals surface area contributed by atoms with Crippen LogP contribution in [-0.4, -0.2) is 23.8 Å². The molecule has 0 fully saturated rings. The molecule has 112 valence electrons. The zero-order valence-electron chi connectivity index (χ0n) is 12.1. The molecule has 0 saturated carbocycles. The van der Waals surface area contributed by atoms with Crippen molar-refractivity contribution in [2.24, 2.45) is 0 Å². The number of rotatable bonds is 5. The molecule has 2 unspecified atom stereocenters. The maximum absolute atomic E-state index is 12.6. The van der Waals surface area contributed by atoms with Gasteiger partial charge in [-0.05, 0) is 50.5 Å². The van der Waals surface area contributed by atoms with Crippen molar-refractivity contribution in [3.8, 4) is 0 Å². The van der Waals surface area contributed by atoms with Crippen LogP contribution in [0.1, 0.15) is 35.1 Å². The summed E-state index contributed by atoms with van der Waals surface area (Å²) in [7, 11) is 1.96.